The Bertz CT molecular complexity index is 606. The average molecular weight is 269 g/mol. The number of benzene rings is 1. The second-order valence-electron chi connectivity index (χ2n) is 2.95. The number of nitro benzene ring substituents is 1. The monoisotopic (exact) mass is 268 g/mol. The Morgan fingerprint density at radius 3 is 2.73 bits per heavy atom. The average Bonchev–Trinajstić information content (AvgIpc) is 2.18. The van der Waals surface area contributed by atoms with E-state index in [9.17, 15) is 14.9 Å². The molecule has 0 saturated carbocycles. The number of rotatable bonds is 1. The van der Waals surface area contributed by atoms with Crippen LogP contribution in [0.4, 0.5) is 5.69 Å². The van der Waals surface area contributed by atoms with Crippen molar-refractivity contribution in [2.24, 2.45) is 0 Å². The third-order valence-corrected chi connectivity index (χ3v) is 2.49. The molecule has 15 heavy (non-hydrogen) atoms. The van der Waals surface area contributed by atoms with Crippen molar-refractivity contribution in [2.75, 3.05) is 0 Å². The smallest absolute Gasteiger partial charge is 0.278 e. The second-order valence-corrected chi connectivity index (χ2v) is 3.87. The number of aromatic nitrogens is 1. The lowest BCUT2D eigenvalue weighted by Crippen LogP contribution is -2.05. The van der Waals surface area contributed by atoms with Gasteiger partial charge in [0, 0.05) is 16.7 Å². The molecule has 0 aliphatic rings. The largest absolute Gasteiger partial charge is 0.329 e. The summed E-state index contributed by atoms with van der Waals surface area (Å²) >= 11 is 3.13. The van der Waals surface area contributed by atoms with Crippen LogP contribution in [0.1, 0.15) is 0 Å². The number of nitrogens with zero attached hydrogens (tertiary/aromatic N) is 1. The van der Waals surface area contributed by atoms with Crippen molar-refractivity contribution in [3.05, 3.63) is 49.3 Å². The molecular weight excluding hydrogens is 264 g/mol. The molecule has 1 N–H and O–H groups in total. The van der Waals surface area contributed by atoms with Gasteiger partial charge in [0.05, 0.1) is 15.7 Å². The highest BCUT2D eigenvalue weighted by Crippen LogP contribution is 2.27. The van der Waals surface area contributed by atoms with E-state index in [1.54, 1.807) is 6.07 Å². The van der Waals surface area contributed by atoms with Gasteiger partial charge in [-0.15, -0.1) is 0 Å². The van der Waals surface area contributed by atoms with E-state index in [2.05, 4.69) is 20.9 Å². The van der Waals surface area contributed by atoms with E-state index in [1.165, 1.54) is 18.3 Å². The Labute approximate surface area is 92.0 Å². The lowest BCUT2D eigenvalue weighted by atomic mass is 10.1. The summed E-state index contributed by atoms with van der Waals surface area (Å²) in [5, 5.41) is 11.4. The molecule has 2 rings (SSSR count). The number of nitrogens with one attached hydrogen (secondary N) is 1. The van der Waals surface area contributed by atoms with Crippen molar-refractivity contribution >= 4 is 32.4 Å². The van der Waals surface area contributed by atoms with Gasteiger partial charge in [0.25, 0.3) is 11.2 Å². The minimum Gasteiger partial charge on any atom is -0.329 e. The Balaban J connectivity index is 2.99. The van der Waals surface area contributed by atoms with Gasteiger partial charge >= 0.3 is 0 Å². The maximum absolute atomic E-state index is 11.4. The van der Waals surface area contributed by atoms with Gasteiger partial charge in [-0.05, 0) is 12.1 Å². The molecule has 0 bridgehead atoms. The fourth-order valence-corrected chi connectivity index (χ4v) is 1.84. The number of H-pyrrole nitrogens is 1. The lowest BCUT2D eigenvalue weighted by Gasteiger charge is -1.99. The van der Waals surface area contributed by atoms with E-state index in [0.29, 0.717) is 15.2 Å². The molecule has 1 aromatic heterocycles. The van der Waals surface area contributed by atoms with Crippen LogP contribution in [0.2, 0.25) is 0 Å². The first kappa shape index (κ1) is 9.85. The third-order valence-electron chi connectivity index (χ3n) is 2.03. The molecule has 0 atom stereocenters. The van der Waals surface area contributed by atoms with Crippen LogP contribution < -0.4 is 5.56 Å². The zero-order valence-electron chi connectivity index (χ0n) is 7.36. The topological polar surface area (TPSA) is 76.0 Å². The SMILES string of the molecule is O=c1[nH]ccc2c([N+](=O)[O-])cc(Br)cc12. The first-order valence-electron chi connectivity index (χ1n) is 4.05. The molecule has 0 amide bonds. The number of halogens is 1. The molecule has 0 fully saturated rings. The van der Waals surface area contributed by atoms with E-state index < -0.39 is 4.92 Å². The van der Waals surface area contributed by atoms with Crippen LogP contribution in [0.25, 0.3) is 10.8 Å². The van der Waals surface area contributed by atoms with Crippen molar-refractivity contribution in [3.8, 4) is 0 Å². The normalized spacial score (nSPS) is 10.5. The van der Waals surface area contributed by atoms with E-state index in [0.717, 1.165) is 0 Å². The minimum absolute atomic E-state index is 0.0783. The van der Waals surface area contributed by atoms with E-state index >= 15 is 0 Å². The predicted molar refractivity (Wildman–Crippen MR) is 58.9 cm³/mol. The van der Waals surface area contributed by atoms with Crippen LogP contribution in [0.15, 0.2) is 33.7 Å². The van der Waals surface area contributed by atoms with Crippen LogP contribution in [-0.4, -0.2) is 9.91 Å². The number of nitro groups is 1. The summed E-state index contributed by atoms with van der Waals surface area (Å²) in [5.41, 5.74) is -0.414. The quantitative estimate of drug-likeness (QED) is 0.636. The summed E-state index contributed by atoms with van der Waals surface area (Å²) < 4.78 is 0.512. The highest BCUT2D eigenvalue weighted by molar-refractivity contribution is 9.10. The third kappa shape index (κ3) is 1.63. The first-order chi connectivity index (χ1) is 7.09. The fourth-order valence-electron chi connectivity index (χ4n) is 1.40. The highest BCUT2D eigenvalue weighted by Gasteiger charge is 2.14. The molecule has 0 saturated heterocycles. The Kier molecular flexibility index (Phi) is 2.28. The van der Waals surface area contributed by atoms with Gasteiger partial charge in [0.2, 0.25) is 0 Å². The van der Waals surface area contributed by atoms with Gasteiger partial charge in [-0.3, -0.25) is 14.9 Å². The van der Waals surface area contributed by atoms with Crippen molar-refractivity contribution in [1.29, 1.82) is 0 Å². The standard InChI is InChI=1S/C9H5BrN2O3/c10-5-3-7-6(1-2-11-9(7)13)8(4-5)12(14)15/h1-4H,(H,11,13). The number of hydrogen-bond acceptors (Lipinski definition) is 3. The van der Waals surface area contributed by atoms with Crippen LogP contribution >= 0.6 is 15.9 Å². The summed E-state index contributed by atoms with van der Waals surface area (Å²) in [5.74, 6) is 0. The minimum atomic E-state index is -0.507. The highest BCUT2D eigenvalue weighted by atomic mass is 79.9. The van der Waals surface area contributed by atoms with Gasteiger partial charge in [-0.25, -0.2) is 0 Å². The summed E-state index contributed by atoms with van der Waals surface area (Å²) in [4.78, 5) is 24.1. The summed E-state index contributed by atoms with van der Waals surface area (Å²) in [6.07, 6.45) is 1.39. The number of pyridine rings is 1. The van der Waals surface area contributed by atoms with Gasteiger partial charge < -0.3 is 4.98 Å². The lowest BCUT2D eigenvalue weighted by molar-refractivity contribution is -0.383. The molecule has 0 radical (unpaired) electrons. The number of hydrogen-bond donors (Lipinski definition) is 1. The number of fused-ring (bicyclic) bond motifs is 1. The van der Waals surface area contributed by atoms with Gasteiger partial charge in [0.1, 0.15) is 0 Å². The molecule has 2 aromatic rings. The van der Waals surface area contributed by atoms with Crippen molar-refractivity contribution in [3.63, 3.8) is 0 Å². The molecule has 0 spiro atoms. The van der Waals surface area contributed by atoms with E-state index in [1.807, 2.05) is 0 Å². The van der Waals surface area contributed by atoms with Crippen LogP contribution in [-0.2, 0) is 0 Å². The van der Waals surface area contributed by atoms with Gasteiger partial charge in [-0.2, -0.15) is 0 Å². The van der Waals surface area contributed by atoms with Crippen LogP contribution in [0.3, 0.4) is 0 Å². The molecule has 0 unspecified atom stereocenters. The molecule has 1 aromatic carbocycles. The Morgan fingerprint density at radius 2 is 2.07 bits per heavy atom. The molecule has 1 heterocycles. The molecule has 5 nitrogen and oxygen atoms in total. The summed E-state index contributed by atoms with van der Waals surface area (Å²) in [7, 11) is 0. The van der Waals surface area contributed by atoms with Crippen molar-refractivity contribution < 1.29 is 4.92 Å². The molecule has 6 heteroatoms. The van der Waals surface area contributed by atoms with E-state index in [4.69, 9.17) is 0 Å². The van der Waals surface area contributed by atoms with Crippen LogP contribution in [0.5, 0.6) is 0 Å². The molecule has 0 aliphatic heterocycles. The number of non-ortho nitro benzene ring substituents is 1. The zero-order valence-corrected chi connectivity index (χ0v) is 8.95. The molecule has 0 aliphatic carbocycles. The van der Waals surface area contributed by atoms with Gasteiger partial charge in [-0.1, -0.05) is 15.9 Å². The van der Waals surface area contributed by atoms with E-state index in [-0.39, 0.29) is 11.2 Å². The molecule has 76 valence electrons. The van der Waals surface area contributed by atoms with Gasteiger partial charge in [0.15, 0.2) is 0 Å². The Hall–Kier alpha value is -1.69. The summed E-state index contributed by atoms with van der Waals surface area (Å²) in [6, 6.07) is 4.45. The maximum Gasteiger partial charge on any atom is 0.278 e. The van der Waals surface area contributed by atoms with Crippen LogP contribution in [0, 0.1) is 10.1 Å². The first-order valence-corrected chi connectivity index (χ1v) is 4.84. The number of aromatic amines is 1. The Morgan fingerprint density at radius 1 is 1.33 bits per heavy atom. The van der Waals surface area contributed by atoms with Crippen molar-refractivity contribution in [2.45, 2.75) is 0 Å². The zero-order chi connectivity index (χ0) is 11.0. The predicted octanol–water partition coefficient (Wildman–Crippen LogP) is 2.20. The summed E-state index contributed by atoms with van der Waals surface area (Å²) in [6.45, 7) is 0. The molecular formula is C9H5BrN2O3. The fraction of sp³-hybridized carbons (Fsp3) is 0. The maximum atomic E-state index is 11.4. The second kappa shape index (κ2) is 3.47. The van der Waals surface area contributed by atoms with Crippen molar-refractivity contribution in [1.82, 2.24) is 4.98 Å².